The molecule has 19 heavy (non-hydrogen) atoms. The van der Waals surface area contributed by atoms with Crippen LogP contribution in [0, 0.1) is 0 Å². The lowest BCUT2D eigenvalue weighted by atomic mass is 10.1. The first kappa shape index (κ1) is 15.3. The van der Waals surface area contributed by atoms with Crippen molar-refractivity contribution in [2.45, 2.75) is 19.4 Å². The summed E-state index contributed by atoms with van der Waals surface area (Å²) in [6, 6.07) is 10.1. The molecular formula is C14H14BrCl2NS. The quantitative estimate of drug-likeness (QED) is 0.682. The third-order valence-corrected chi connectivity index (χ3v) is 5.50. The molecule has 1 aromatic carbocycles. The van der Waals surface area contributed by atoms with Crippen LogP contribution in [-0.4, -0.2) is 6.54 Å². The van der Waals surface area contributed by atoms with Crippen LogP contribution >= 0.6 is 50.5 Å². The van der Waals surface area contributed by atoms with Crippen molar-refractivity contribution in [2.75, 3.05) is 6.54 Å². The lowest BCUT2D eigenvalue weighted by Crippen LogP contribution is -2.22. The van der Waals surface area contributed by atoms with Crippen molar-refractivity contribution >= 4 is 50.5 Å². The average molecular weight is 379 g/mol. The van der Waals surface area contributed by atoms with E-state index in [9.17, 15) is 0 Å². The number of nitrogens with one attached hydrogen (secondary N) is 1. The molecule has 0 amide bonds. The molecule has 2 rings (SSSR count). The van der Waals surface area contributed by atoms with Gasteiger partial charge in [-0.25, -0.2) is 0 Å². The highest BCUT2D eigenvalue weighted by Gasteiger charge is 2.17. The Morgan fingerprint density at radius 1 is 1.32 bits per heavy atom. The maximum atomic E-state index is 6.14. The number of halogens is 3. The number of hydrogen-bond donors (Lipinski definition) is 1. The fourth-order valence-electron chi connectivity index (χ4n) is 1.86. The second kappa shape index (κ2) is 7.09. The third kappa shape index (κ3) is 3.96. The lowest BCUT2D eigenvalue weighted by Gasteiger charge is -2.17. The van der Waals surface area contributed by atoms with Crippen LogP contribution in [0.15, 0.2) is 34.1 Å². The van der Waals surface area contributed by atoms with Crippen LogP contribution in [0.25, 0.3) is 0 Å². The van der Waals surface area contributed by atoms with Crippen LogP contribution in [0.3, 0.4) is 0 Å². The van der Waals surface area contributed by atoms with E-state index in [0.717, 1.165) is 32.4 Å². The smallest absolute Gasteiger partial charge is 0.0888 e. The normalized spacial score (nSPS) is 12.6. The van der Waals surface area contributed by atoms with Gasteiger partial charge in [0.1, 0.15) is 0 Å². The Hall–Kier alpha value is -0.0600. The van der Waals surface area contributed by atoms with Gasteiger partial charge in [0.05, 0.1) is 14.9 Å². The summed E-state index contributed by atoms with van der Waals surface area (Å²) >= 11 is 17.3. The number of hydrogen-bond acceptors (Lipinski definition) is 2. The first-order valence-corrected chi connectivity index (χ1v) is 8.42. The molecular weight excluding hydrogens is 365 g/mol. The van der Waals surface area contributed by atoms with E-state index in [2.05, 4.69) is 34.2 Å². The Labute approximate surface area is 136 Å². The zero-order valence-electron chi connectivity index (χ0n) is 10.4. The summed E-state index contributed by atoms with van der Waals surface area (Å²) in [5, 5.41) is 5.05. The van der Waals surface area contributed by atoms with Crippen molar-refractivity contribution < 1.29 is 0 Å². The molecule has 0 saturated heterocycles. The van der Waals surface area contributed by atoms with Crippen molar-refractivity contribution in [2.24, 2.45) is 0 Å². The highest BCUT2D eigenvalue weighted by Crippen LogP contribution is 2.37. The maximum absolute atomic E-state index is 6.14. The SMILES string of the molecule is CCCNC(c1cccc(Cl)c1)c1cc(Cl)c(Br)s1. The maximum Gasteiger partial charge on any atom is 0.0888 e. The van der Waals surface area contributed by atoms with Gasteiger partial charge in [-0.1, -0.05) is 42.3 Å². The zero-order valence-corrected chi connectivity index (χ0v) is 14.3. The van der Waals surface area contributed by atoms with Gasteiger partial charge in [0.25, 0.3) is 0 Å². The van der Waals surface area contributed by atoms with E-state index >= 15 is 0 Å². The standard InChI is InChI=1S/C14H14BrCl2NS/c1-2-6-18-13(9-4-3-5-10(16)7-9)12-8-11(17)14(15)19-12/h3-5,7-8,13,18H,2,6H2,1H3. The summed E-state index contributed by atoms with van der Waals surface area (Å²) in [4.78, 5) is 1.19. The first-order valence-electron chi connectivity index (χ1n) is 6.05. The van der Waals surface area contributed by atoms with Crippen LogP contribution in [-0.2, 0) is 0 Å². The van der Waals surface area contributed by atoms with E-state index in [1.165, 1.54) is 4.88 Å². The predicted octanol–water partition coefficient (Wildman–Crippen LogP) is 5.91. The van der Waals surface area contributed by atoms with E-state index in [1.807, 2.05) is 24.3 Å². The molecule has 0 radical (unpaired) electrons. The molecule has 1 N–H and O–H groups in total. The Morgan fingerprint density at radius 3 is 2.68 bits per heavy atom. The van der Waals surface area contributed by atoms with Gasteiger partial charge in [0, 0.05) is 9.90 Å². The molecule has 1 heterocycles. The molecule has 2 aromatic rings. The molecule has 1 atom stereocenters. The van der Waals surface area contributed by atoms with E-state index in [0.29, 0.717) is 0 Å². The second-order valence-corrected chi connectivity index (χ2v) is 7.46. The van der Waals surface area contributed by atoms with Gasteiger partial charge in [0.15, 0.2) is 0 Å². The topological polar surface area (TPSA) is 12.0 Å². The minimum Gasteiger partial charge on any atom is -0.306 e. The van der Waals surface area contributed by atoms with E-state index in [4.69, 9.17) is 23.2 Å². The number of benzene rings is 1. The van der Waals surface area contributed by atoms with Crippen LogP contribution in [0.4, 0.5) is 0 Å². The van der Waals surface area contributed by atoms with Crippen molar-refractivity contribution in [1.82, 2.24) is 5.32 Å². The van der Waals surface area contributed by atoms with E-state index in [-0.39, 0.29) is 6.04 Å². The van der Waals surface area contributed by atoms with Gasteiger partial charge in [-0.2, -0.15) is 0 Å². The summed E-state index contributed by atoms with van der Waals surface area (Å²) in [6.07, 6.45) is 1.08. The summed E-state index contributed by atoms with van der Waals surface area (Å²) < 4.78 is 0.967. The van der Waals surface area contributed by atoms with Gasteiger partial charge in [0.2, 0.25) is 0 Å². The van der Waals surface area contributed by atoms with Crippen molar-refractivity contribution in [1.29, 1.82) is 0 Å². The molecule has 102 valence electrons. The van der Waals surface area contributed by atoms with Crippen LogP contribution < -0.4 is 5.32 Å². The zero-order chi connectivity index (χ0) is 13.8. The summed E-state index contributed by atoms with van der Waals surface area (Å²) in [7, 11) is 0. The molecule has 0 saturated carbocycles. The summed E-state index contributed by atoms with van der Waals surface area (Å²) in [6.45, 7) is 3.10. The molecule has 1 nitrogen and oxygen atoms in total. The molecule has 0 aliphatic rings. The molecule has 0 aliphatic carbocycles. The molecule has 0 spiro atoms. The third-order valence-electron chi connectivity index (χ3n) is 2.73. The minimum absolute atomic E-state index is 0.132. The molecule has 0 fully saturated rings. The van der Waals surface area contributed by atoms with E-state index in [1.54, 1.807) is 11.3 Å². The van der Waals surface area contributed by atoms with Crippen molar-refractivity contribution in [3.63, 3.8) is 0 Å². The minimum atomic E-state index is 0.132. The van der Waals surface area contributed by atoms with Crippen molar-refractivity contribution in [3.05, 3.63) is 54.6 Å². The van der Waals surface area contributed by atoms with Gasteiger partial charge < -0.3 is 5.32 Å². The van der Waals surface area contributed by atoms with Gasteiger partial charge in [-0.05, 0) is 52.7 Å². The highest BCUT2D eigenvalue weighted by molar-refractivity contribution is 9.11. The second-order valence-electron chi connectivity index (χ2n) is 4.21. The largest absolute Gasteiger partial charge is 0.306 e. The Morgan fingerprint density at radius 2 is 2.11 bits per heavy atom. The highest BCUT2D eigenvalue weighted by atomic mass is 79.9. The first-order chi connectivity index (χ1) is 9.11. The number of thiophene rings is 1. The summed E-state index contributed by atoms with van der Waals surface area (Å²) in [5.41, 5.74) is 1.16. The fourth-order valence-corrected chi connectivity index (χ4v) is 3.91. The Bertz CT molecular complexity index is 537. The van der Waals surface area contributed by atoms with Gasteiger partial charge in [-0.15, -0.1) is 11.3 Å². The molecule has 1 unspecified atom stereocenters. The Kier molecular flexibility index (Phi) is 5.72. The lowest BCUT2D eigenvalue weighted by molar-refractivity contribution is 0.606. The van der Waals surface area contributed by atoms with Crippen molar-refractivity contribution in [3.8, 4) is 0 Å². The molecule has 0 bridgehead atoms. The summed E-state index contributed by atoms with van der Waals surface area (Å²) in [5.74, 6) is 0. The Balaban J connectivity index is 2.35. The monoisotopic (exact) mass is 377 g/mol. The predicted molar refractivity (Wildman–Crippen MR) is 88.6 cm³/mol. The number of rotatable bonds is 5. The molecule has 1 aromatic heterocycles. The average Bonchev–Trinajstić information content (AvgIpc) is 2.70. The van der Waals surface area contributed by atoms with Crippen LogP contribution in [0.2, 0.25) is 10.0 Å². The van der Waals surface area contributed by atoms with Crippen LogP contribution in [0.1, 0.15) is 29.8 Å². The van der Waals surface area contributed by atoms with Gasteiger partial charge >= 0.3 is 0 Å². The molecule has 5 heteroatoms. The molecule has 0 aliphatic heterocycles. The fraction of sp³-hybridized carbons (Fsp3) is 0.286. The van der Waals surface area contributed by atoms with Crippen LogP contribution in [0.5, 0.6) is 0 Å². The van der Waals surface area contributed by atoms with E-state index < -0.39 is 0 Å². The van der Waals surface area contributed by atoms with Gasteiger partial charge in [-0.3, -0.25) is 0 Å².